The third kappa shape index (κ3) is 6.69. The van der Waals surface area contributed by atoms with Crippen LogP contribution in [0.4, 0.5) is 0 Å². The zero-order valence-electron chi connectivity index (χ0n) is 18.1. The predicted octanol–water partition coefficient (Wildman–Crippen LogP) is 3.63. The Morgan fingerprint density at radius 1 is 0.900 bits per heavy atom. The molecule has 0 radical (unpaired) electrons. The average Bonchev–Trinajstić information content (AvgIpc) is 2.75. The zero-order valence-corrected chi connectivity index (χ0v) is 18.1. The minimum atomic E-state index is -0.621. The van der Waals surface area contributed by atoms with Crippen molar-refractivity contribution in [3.8, 4) is 17.2 Å². The Labute approximate surface area is 177 Å². The second kappa shape index (κ2) is 11.1. The molecule has 1 atom stereocenters. The lowest BCUT2D eigenvalue weighted by molar-refractivity contribution is -0.150. The number of esters is 1. The first-order valence-electron chi connectivity index (χ1n) is 9.73. The standard InChI is InChI=1S/C23H29NO6/c1-15(2)17-6-8-18(9-7-17)29-14-23(26)30-13-22(25)24-16(3)20-12-19(27-4)10-11-21(20)28-5/h6-12,15-16H,13-14H2,1-5H3,(H,24,25)/t16-/m0/s1. The molecule has 7 nitrogen and oxygen atoms in total. The molecule has 30 heavy (non-hydrogen) atoms. The summed E-state index contributed by atoms with van der Waals surface area (Å²) in [4.78, 5) is 24.0. The van der Waals surface area contributed by atoms with Crippen LogP contribution in [0.25, 0.3) is 0 Å². The molecule has 1 N–H and O–H groups in total. The molecule has 0 aliphatic heterocycles. The summed E-state index contributed by atoms with van der Waals surface area (Å²) >= 11 is 0. The number of carbonyl (C=O) groups excluding carboxylic acids is 2. The number of carbonyl (C=O) groups is 2. The molecule has 2 aromatic carbocycles. The molecular weight excluding hydrogens is 386 g/mol. The van der Waals surface area contributed by atoms with Crippen LogP contribution < -0.4 is 19.5 Å². The summed E-state index contributed by atoms with van der Waals surface area (Å²) in [6.07, 6.45) is 0. The summed E-state index contributed by atoms with van der Waals surface area (Å²) in [6.45, 7) is 5.34. The van der Waals surface area contributed by atoms with Crippen molar-refractivity contribution in [2.75, 3.05) is 27.4 Å². The van der Waals surface area contributed by atoms with Gasteiger partial charge in [-0.1, -0.05) is 26.0 Å². The highest BCUT2D eigenvalue weighted by Crippen LogP contribution is 2.29. The first-order chi connectivity index (χ1) is 14.3. The minimum Gasteiger partial charge on any atom is -0.497 e. The van der Waals surface area contributed by atoms with Gasteiger partial charge in [0.2, 0.25) is 0 Å². The molecular formula is C23H29NO6. The van der Waals surface area contributed by atoms with Gasteiger partial charge in [-0.05, 0) is 48.7 Å². The van der Waals surface area contributed by atoms with Gasteiger partial charge in [0.25, 0.3) is 5.91 Å². The normalized spacial score (nSPS) is 11.5. The number of benzene rings is 2. The highest BCUT2D eigenvalue weighted by atomic mass is 16.6. The van der Waals surface area contributed by atoms with Gasteiger partial charge in [0.15, 0.2) is 13.2 Å². The molecule has 0 aliphatic rings. The Morgan fingerprint density at radius 3 is 2.17 bits per heavy atom. The molecule has 0 aromatic heterocycles. The molecule has 0 unspecified atom stereocenters. The molecule has 7 heteroatoms. The predicted molar refractivity (Wildman–Crippen MR) is 113 cm³/mol. The molecule has 0 fully saturated rings. The Bertz CT molecular complexity index is 847. The lowest BCUT2D eigenvalue weighted by Crippen LogP contribution is -2.32. The molecule has 0 spiro atoms. The van der Waals surface area contributed by atoms with E-state index >= 15 is 0 Å². The second-order valence-corrected chi connectivity index (χ2v) is 7.07. The van der Waals surface area contributed by atoms with Crippen LogP contribution >= 0.6 is 0 Å². The summed E-state index contributed by atoms with van der Waals surface area (Å²) in [7, 11) is 3.12. The Kier molecular flexibility index (Phi) is 8.53. The smallest absolute Gasteiger partial charge is 0.344 e. The van der Waals surface area contributed by atoms with Crippen molar-refractivity contribution >= 4 is 11.9 Å². The van der Waals surface area contributed by atoms with Crippen LogP contribution in [0, 0.1) is 0 Å². The highest BCUT2D eigenvalue weighted by molar-refractivity contribution is 5.81. The van der Waals surface area contributed by atoms with E-state index in [1.165, 1.54) is 5.56 Å². The van der Waals surface area contributed by atoms with Crippen LogP contribution in [-0.2, 0) is 14.3 Å². The van der Waals surface area contributed by atoms with Crippen LogP contribution in [0.2, 0.25) is 0 Å². The van der Waals surface area contributed by atoms with Crippen LogP contribution in [0.3, 0.4) is 0 Å². The Hall–Kier alpha value is -3.22. The Balaban J connectivity index is 1.80. The Morgan fingerprint density at radius 2 is 1.57 bits per heavy atom. The number of methoxy groups -OCH3 is 2. The third-order valence-corrected chi connectivity index (χ3v) is 4.55. The summed E-state index contributed by atoms with van der Waals surface area (Å²) < 4.78 is 20.9. The SMILES string of the molecule is COc1ccc(OC)c([C@H](C)NC(=O)COC(=O)COc2ccc(C(C)C)cc2)c1. The van der Waals surface area contributed by atoms with Crippen molar-refractivity contribution < 1.29 is 28.5 Å². The van der Waals surface area contributed by atoms with Crippen LogP contribution in [-0.4, -0.2) is 39.3 Å². The van der Waals surface area contributed by atoms with Crippen LogP contribution in [0.5, 0.6) is 17.2 Å². The van der Waals surface area contributed by atoms with Gasteiger partial charge in [0.1, 0.15) is 17.2 Å². The number of amides is 1. The summed E-state index contributed by atoms with van der Waals surface area (Å²) in [5, 5.41) is 2.78. The van der Waals surface area contributed by atoms with E-state index in [2.05, 4.69) is 19.2 Å². The molecule has 1 amide bonds. The molecule has 0 saturated carbocycles. The van der Waals surface area contributed by atoms with Gasteiger partial charge in [-0.25, -0.2) is 4.79 Å². The van der Waals surface area contributed by atoms with E-state index in [0.717, 1.165) is 5.56 Å². The van der Waals surface area contributed by atoms with E-state index in [1.807, 2.05) is 12.1 Å². The zero-order chi connectivity index (χ0) is 22.1. The molecule has 0 aliphatic carbocycles. The van der Waals surface area contributed by atoms with E-state index in [9.17, 15) is 9.59 Å². The maximum absolute atomic E-state index is 12.2. The monoisotopic (exact) mass is 415 g/mol. The molecule has 162 valence electrons. The quantitative estimate of drug-likeness (QED) is 0.597. The van der Waals surface area contributed by atoms with Crippen molar-refractivity contribution in [1.82, 2.24) is 5.32 Å². The van der Waals surface area contributed by atoms with Gasteiger partial charge < -0.3 is 24.3 Å². The first kappa shape index (κ1) is 23.1. The van der Waals surface area contributed by atoms with Gasteiger partial charge >= 0.3 is 5.97 Å². The second-order valence-electron chi connectivity index (χ2n) is 7.07. The van der Waals surface area contributed by atoms with Crippen molar-refractivity contribution in [2.24, 2.45) is 0 Å². The van der Waals surface area contributed by atoms with Gasteiger partial charge in [0.05, 0.1) is 20.3 Å². The summed E-state index contributed by atoms with van der Waals surface area (Å²) in [5.41, 5.74) is 1.94. The van der Waals surface area contributed by atoms with E-state index in [4.69, 9.17) is 18.9 Å². The van der Waals surface area contributed by atoms with Gasteiger partial charge in [-0.15, -0.1) is 0 Å². The van der Waals surface area contributed by atoms with Crippen molar-refractivity contribution in [3.05, 3.63) is 53.6 Å². The highest BCUT2D eigenvalue weighted by Gasteiger charge is 2.16. The fourth-order valence-corrected chi connectivity index (χ4v) is 2.82. The molecule has 0 heterocycles. The average molecular weight is 415 g/mol. The topological polar surface area (TPSA) is 83.1 Å². The van der Waals surface area contributed by atoms with Gasteiger partial charge in [-0.2, -0.15) is 0 Å². The molecule has 0 bridgehead atoms. The fourth-order valence-electron chi connectivity index (χ4n) is 2.82. The first-order valence-corrected chi connectivity index (χ1v) is 9.73. The molecule has 2 rings (SSSR count). The van der Waals surface area contributed by atoms with E-state index < -0.39 is 18.5 Å². The fraction of sp³-hybridized carbons (Fsp3) is 0.391. The maximum Gasteiger partial charge on any atom is 0.344 e. The lowest BCUT2D eigenvalue weighted by atomic mass is 10.0. The number of hydrogen-bond donors (Lipinski definition) is 1. The number of hydrogen-bond acceptors (Lipinski definition) is 6. The number of ether oxygens (including phenoxy) is 4. The maximum atomic E-state index is 12.2. The van der Waals surface area contributed by atoms with Crippen LogP contribution in [0.1, 0.15) is 43.9 Å². The van der Waals surface area contributed by atoms with Crippen molar-refractivity contribution in [2.45, 2.75) is 32.7 Å². The van der Waals surface area contributed by atoms with E-state index in [-0.39, 0.29) is 12.6 Å². The minimum absolute atomic E-state index is 0.270. The van der Waals surface area contributed by atoms with Crippen molar-refractivity contribution in [3.63, 3.8) is 0 Å². The molecule has 2 aromatic rings. The third-order valence-electron chi connectivity index (χ3n) is 4.55. The van der Waals surface area contributed by atoms with E-state index in [1.54, 1.807) is 51.5 Å². The number of nitrogens with one attached hydrogen (secondary N) is 1. The number of rotatable bonds is 10. The van der Waals surface area contributed by atoms with Gasteiger partial charge in [0, 0.05) is 5.56 Å². The molecule has 0 saturated heterocycles. The largest absolute Gasteiger partial charge is 0.497 e. The summed E-state index contributed by atoms with van der Waals surface area (Å²) in [6, 6.07) is 12.5. The summed E-state index contributed by atoms with van der Waals surface area (Å²) in [5.74, 6) is 1.21. The van der Waals surface area contributed by atoms with Crippen molar-refractivity contribution in [1.29, 1.82) is 0 Å². The van der Waals surface area contributed by atoms with E-state index in [0.29, 0.717) is 23.2 Å². The van der Waals surface area contributed by atoms with Gasteiger partial charge in [-0.3, -0.25) is 4.79 Å². The van der Waals surface area contributed by atoms with Crippen LogP contribution in [0.15, 0.2) is 42.5 Å². The lowest BCUT2D eigenvalue weighted by Gasteiger charge is -2.18.